The Kier molecular flexibility index (Phi) is 5.00. The number of nitrogens with one attached hydrogen (secondary N) is 1. The molecule has 0 spiro atoms. The third-order valence-electron chi connectivity index (χ3n) is 3.61. The molecule has 0 amide bonds. The highest BCUT2D eigenvalue weighted by Crippen LogP contribution is 2.33. The molecule has 1 saturated carbocycles. The molecule has 2 rings (SSSR count). The SMILES string of the molecule is CCCCN(c1ncnc(NCCC)c1C)C1CC1. The fourth-order valence-electron chi connectivity index (χ4n) is 2.33. The van der Waals surface area contributed by atoms with Crippen molar-refractivity contribution < 1.29 is 0 Å². The Bertz CT molecular complexity index is 401. The molecule has 1 fully saturated rings. The molecule has 1 heterocycles. The summed E-state index contributed by atoms with van der Waals surface area (Å²) in [5.74, 6) is 2.12. The summed E-state index contributed by atoms with van der Waals surface area (Å²) in [4.78, 5) is 11.4. The first kappa shape index (κ1) is 14.1. The van der Waals surface area contributed by atoms with Crippen molar-refractivity contribution in [3.05, 3.63) is 11.9 Å². The van der Waals surface area contributed by atoms with Gasteiger partial charge in [-0.25, -0.2) is 9.97 Å². The van der Waals surface area contributed by atoms with E-state index < -0.39 is 0 Å². The molecular weight excluding hydrogens is 236 g/mol. The first-order valence-electron chi connectivity index (χ1n) is 7.60. The van der Waals surface area contributed by atoms with Crippen LogP contribution in [0.2, 0.25) is 0 Å². The summed E-state index contributed by atoms with van der Waals surface area (Å²) in [7, 11) is 0. The van der Waals surface area contributed by atoms with Crippen LogP contribution in [-0.4, -0.2) is 29.1 Å². The lowest BCUT2D eigenvalue weighted by Crippen LogP contribution is -2.29. The van der Waals surface area contributed by atoms with Crippen LogP contribution < -0.4 is 10.2 Å². The summed E-state index contributed by atoms with van der Waals surface area (Å²) in [5, 5.41) is 3.40. The summed E-state index contributed by atoms with van der Waals surface area (Å²) in [6.45, 7) is 8.63. The maximum atomic E-state index is 4.54. The number of hydrogen-bond acceptors (Lipinski definition) is 4. The fourth-order valence-corrected chi connectivity index (χ4v) is 2.33. The van der Waals surface area contributed by atoms with Crippen LogP contribution in [-0.2, 0) is 0 Å². The van der Waals surface area contributed by atoms with E-state index in [1.165, 1.54) is 31.2 Å². The van der Waals surface area contributed by atoms with Gasteiger partial charge in [-0.3, -0.25) is 0 Å². The van der Waals surface area contributed by atoms with Crippen LogP contribution in [0.15, 0.2) is 6.33 Å². The quantitative estimate of drug-likeness (QED) is 0.780. The normalized spacial score (nSPS) is 14.5. The van der Waals surface area contributed by atoms with E-state index in [4.69, 9.17) is 0 Å². The second-order valence-corrected chi connectivity index (χ2v) is 5.38. The lowest BCUT2D eigenvalue weighted by atomic mass is 10.2. The van der Waals surface area contributed by atoms with Gasteiger partial charge in [0.25, 0.3) is 0 Å². The molecule has 0 atom stereocenters. The zero-order valence-electron chi connectivity index (χ0n) is 12.4. The van der Waals surface area contributed by atoms with Gasteiger partial charge in [0.1, 0.15) is 18.0 Å². The van der Waals surface area contributed by atoms with Gasteiger partial charge in [-0.1, -0.05) is 20.3 Å². The third-order valence-corrected chi connectivity index (χ3v) is 3.61. The molecule has 1 aromatic rings. The molecule has 1 aromatic heterocycles. The molecule has 0 saturated heterocycles. The van der Waals surface area contributed by atoms with E-state index in [0.717, 1.165) is 31.1 Å². The standard InChI is InChI=1S/C15H26N4/c1-4-6-10-19(13-7-8-13)15-12(3)14(16-9-5-2)17-11-18-15/h11,13H,4-10H2,1-3H3,(H,16,17,18). The summed E-state index contributed by atoms with van der Waals surface area (Å²) in [5.41, 5.74) is 1.19. The van der Waals surface area contributed by atoms with Gasteiger partial charge in [-0.2, -0.15) is 0 Å². The predicted octanol–water partition coefficient (Wildman–Crippen LogP) is 3.38. The summed E-state index contributed by atoms with van der Waals surface area (Å²) < 4.78 is 0. The van der Waals surface area contributed by atoms with E-state index in [1.54, 1.807) is 6.33 Å². The van der Waals surface area contributed by atoms with Crippen LogP contribution in [0, 0.1) is 6.92 Å². The smallest absolute Gasteiger partial charge is 0.137 e. The molecule has 0 aliphatic heterocycles. The Morgan fingerprint density at radius 3 is 2.68 bits per heavy atom. The molecule has 19 heavy (non-hydrogen) atoms. The highest BCUT2D eigenvalue weighted by atomic mass is 15.2. The van der Waals surface area contributed by atoms with Gasteiger partial charge < -0.3 is 10.2 Å². The molecule has 1 N–H and O–H groups in total. The van der Waals surface area contributed by atoms with Crippen molar-refractivity contribution in [2.75, 3.05) is 23.3 Å². The Morgan fingerprint density at radius 1 is 1.26 bits per heavy atom. The minimum Gasteiger partial charge on any atom is -0.370 e. The number of unbranched alkanes of at least 4 members (excludes halogenated alkanes) is 1. The zero-order valence-corrected chi connectivity index (χ0v) is 12.4. The van der Waals surface area contributed by atoms with Crippen molar-refractivity contribution in [1.29, 1.82) is 0 Å². The molecule has 0 aromatic carbocycles. The van der Waals surface area contributed by atoms with E-state index in [2.05, 4.69) is 41.0 Å². The molecule has 4 nitrogen and oxygen atoms in total. The average molecular weight is 262 g/mol. The van der Waals surface area contributed by atoms with E-state index in [9.17, 15) is 0 Å². The molecule has 1 aliphatic carbocycles. The first-order chi connectivity index (χ1) is 9.27. The summed E-state index contributed by atoms with van der Waals surface area (Å²) >= 11 is 0. The average Bonchev–Trinajstić information content (AvgIpc) is 3.24. The highest BCUT2D eigenvalue weighted by Gasteiger charge is 2.30. The second-order valence-electron chi connectivity index (χ2n) is 5.38. The van der Waals surface area contributed by atoms with Gasteiger partial charge in [0.05, 0.1) is 0 Å². The predicted molar refractivity (Wildman–Crippen MR) is 80.8 cm³/mol. The highest BCUT2D eigenvalue weighted by molar-refractivity contribution is 5.58. The molecule has 1 aliphatic rings. The van der Waals surface area contributed by atoms with E-state index >= 15 is 0 Å². The Labute approximate surface area is 116 Å². The zero-order chi connectivity index (χ0) is 13.7. The second kappa shape index (κ2) is 6.73. The summed E-state index contributed by atoms with van der Waals surface area (Å²) in [6, 6.07) is 0.708. The van der Waals surface area contributed by atoms with Crippen molar-refractivity contribution in [3.8, 4) is 0 Å². The first-order valence-corrected chi connectivity index (χ1v) is 7.60. The molecule has 0 bridgehead atoms. The van der Waals surface area contributed by atoms with Gasteiger partial charge in [0.15, 0.2) is 0 Å². The van der Waals surface area contributed by atoms with Crippen molar-refractivity contribution >= 4 is 11.6 Å². The molecule has 0 radical (unpaired) electrons. The lowest BCUT2D eigenvalue weighted by molar-refractivity contribution is 0.701. The fraction of sp³-hybridized carbons (Fsp3) is 0.733. The van der Waals surface area contributed by atoms with Gasteiger partial charge in [-0.15, -0.1) is 0 Å². The van der Waals surface area contributed by atoms with Crippen LogP contribution in [0.3, 0.4) is 0 Å². The van der Waals surface area contributed by atoms with Crippen LogP contribution >= 0.6 is 0 Å². The van der Waals surface area contributed by atoms with Gasteiger partial charge in [0, 0.05) is 24.7 Å². The van der Waals surface area contributed by atoms with Crippen molar-refractivity contribution in [2.45, 2.75) is 58.9 Å². The van der Waals surface area contributed by atoms with E-state index in [1.807, 2.05) is 0 Å². The van der Waals surface area contributed by atoms with Crippen LogP contribution in [0.1, 0.15) is 51.5 Å². The van der Waals surface area contributed by atoms with E-state index in [0.29, 0.717) is 6.04 Å². The third kappa shape index (κ3) is 3.58. The van der Waals surface area contributed by atoms with Crippen LogP contribution in [0.5, 0.6) is 0 Å². The maximum Gasteiger partial charge on any atom is 0.137 e. The molecule has 0 unspecified atom stereocenters. The van der Waals surface area contributed by atoms with Crippen molar-refractivity contribution in [2.24, 2.45) is 0 Å². The molecule has 106 valence electrons. The van der Waals surface area contributed by atoms with Gasteiger partial charge >= 0.3 is 0 Å². The van der Waals surface area contributed by atoms with Crippen LogP contribution in [0.4, 0.5) is 11.6 Å². The van der Waals surface area contributed by atoms with Gasteiger partial charge in [-0.05, 0) is 32.6 Å². The Balaban J connectivity index is 2.16. The number of nitrogens with zero attached hydrogens (tertiary/aromatic N) is 3. The topological polar surface area (TPSA) is 41.1 Å². The Hall–Kier alpha value is -1.32. The monoisotopic (exact) mass is 262 g/mol. The largest absolute Gasteiger partial charge is 0.370 e. The minimum absolute atomic E-state index is 0.708. The van der Waals surface area contributed by atoms with Crippen LogP contribution in [0.25, 0.3) is 0 Å². The van der Waals surface area contributed by atoms with E-state index in [-0.39, 0.29) is 0 Å². The van der Waals surface area contributed by atoms with Gasteiger partial charge in [0.2, 0.25) is 0 Å². The van der Waals surface area contributed by atoms with Crippen molar-refractivity contribution in [1.82, 2.24) is 9.97 Å². The number of anilines is 2. The molecular formula is C15H26N4. The molecule has 4 heteroatoms. The number of hydrogen-bond donors (Lipinski definition) is 1. The summed E-state index contributed by atoms with van der Waals surface area (Å²) in [6.07, 6.45) is 7.89. The number of aromatic nitrogens is 2. The Morgan fingerprint density at radius 2 is 2.05 bits per heavy atom. The number of rotatable bonds is 8. The maximum absolute atomic E-state index is 4.54. The minimum atomic E-state index is 0.708. The lowest BCUT2D eigenvalue weighted by Gasteiger charge is -2.25. The van der Waals surface area contributed by atoms with Crippen molar-refractivity contribution in [3.63, 3.8) is 0 Å².